The first-order valence-electron chi connectivity index (χ1n) is 11.2. The van der Waals surface area contributed by atoms with Crippen LogP contribution >= 0.6 is 0 Å². The van der Waals surface area contributed by atoms with E-state index < -0.39 is 53.9 Å². The molecule has 0 saturated carbocycles. The van der Waals surface area contributed by atoms with E-state index in [1.807, 2.05) is 0 Å². The van der Waals surface area contributed by atoms with Gasteiger partial charge in [-0.2, -0.15) is 13.2 Å². The fourth-order valence-electron chi connectivity index (χ4n) is 4.42. The van der Waals surface area contributed by atoms with E-state index in [0.29, 0.717) is 16.8 Å². The van der Waals surface area contributed by atoms with Crippen molar-refractivity contribution in [1.82, 2.24) is 9.97 Å². The summed E-state index contributed by atoms with van der Waals surface area (Å²) in [6, 6.07) is 6.44. The zero-order chi connectivity index (χ0) is 27.7. The highest BCUT2D eigenvalue weighted by Gasteiger charge is 2.50. The third-order valence-corrected chi connectivity index (χ3v) is 6.10. The number of hydrogen-bond acceptors (Lipinski definition) is 5. The number of aliphatic carboxylic acids is 1. The number of carboxylic acid groups (broad SMARTS) is 1. The largest absolute Gasteiger partial charge is 0.481 e. The van der Waals surface area contributed by atoms with Crippen molar-refractivity contribution in [2.24, 2.45) is 5.41 Å². The molecule has 0 spiro atoms. The summed E-state index contributed by atoms with van der Waals surface area (Å²) in [4.78, 5) is 44.7. The molecule has 0 aliphatic heterocycles. The summed E-state index contributed by atoms with van der Waals surface area (Å²) in [6.45, 7) is 0. The highest BCUT2D eigenvalue weighted by molar-refractivity contribution is 6.04. The molecule has 2 aromatic carbocycles. The molecule has 198 valence electrons. The first-order chi connectivity index (χ1) is 17.8. The average molecular weight is 534 g/mol. The zero-order valence-corrected chi connectivity index (χ0v) is 19.4. The minimum Gasteiger partial charge on any atom is -0.481 e. The van der Waals surface area contributed by atoms with E-state index in [-0.39, 0.29) is 29.9 Å². The summed E-state index contributed by atoms with van der Waals surface area (Å²) < 4.78 is 65.9. The Morgan fingerprint density at radius 2 is 1.76 bits per heavy atom. The molecular weight excluding hydrogens is 515 g/mol. The van der Waals surface area contributed by atoms with Crippen LogP contribution in [0.5, 0.6) is 0 Å². The van der Waals surface area contributed by atoms with E-state index in [1.165, 1.54) is 30.6 Å². The molecule has 1 heterocycles. The molecule has 1 aliphatic carbocycles. The molecule has 0 fully saturated rings. The Morgan fingerprint density at radius 3 is 2.39 bits per heavy atom. The Kier molecular flexibility index (Phi) is 7.11. The van der Waals surface area contributed by atoms with Crippen LogP contribution in [0.25, 0.3) is 11.3 Å². The molecule has 0 unspecified atom stereocenters. The van der Waals surface area contributed by atoms with Crippen LogP contribution in [-0.4, -0.2) is 39.0 Å². The van der Waals surface area contributed by atoms with Gasteiger partial charge in [0.15, 0.2) is 23.2 Å². The van der Waals surface area contributed by atoms with Crippen molar-refractivity contribution >= 4 is 29.3 Å². The molecule has 8 nitrogen and oxygen atoms in total. The van der Waals surface area contributed by atoms with Crippen LogP contribution in [0.1, 0.15) is 35.2 Å². The Morgan fingerprint density at radius 1 is 1.00 bits per heavy atom. The molecule has 3 N–H and O–H groups in total. The van der Waals surface area contributed by atoms with Crippen molar-refractivity contribution in [3.05, 3.63) is 71.6 Å². The predicted octanol–water partition coefficient (Wildman–Crippen LogP) is 5.61. The molecule has 1 atom stereocenters. The molecule has 0 bridgehead atoms. The molecule has 1 aliphatic rings. The van der Waals surface area contributed by atoms with Gasteiger partial charge in [-0.05, 0) is 36.6 Å². The fourth-order valence-corrected chi connectivity index (χ4v) is 4.42. The number of amides is 2. The maximum Gasteiger partial charge on any atom is 0.390 e. The van der Waals surface area contributed by atoms with Gasteiger partial charge in [-0.25, -0.2) is 18.6 Å². The summed E-state index contributed by atoms with van der Waals surface area (Å²) in [6.07, 6.45) is -4.80. The first-order valence-corrected chi connectivity index (χ1v) is 11.2. The molecule has 0 saturated heterocycles. The topological polar surface area (TPSA) is 121 Å². The second-order valence-electron chi connectivity index (χ2n) is 8.84. The maximum atomic E-state index is 13.3. The molecule has 0 radical (unpaired) electrons. The lowest BCUT2D eigenvalue weighted by molar-refractivity contribution is -0.160. The lowest BCUT2D eigenvalue weighted by atomic mass is 9.66. The Bertz CT molecular complexity index is 1410. The number of ketones is 1. The van der Waals surface area contributed by atoms with Gasteiger partial charge in [0.25, 0.3) is 0 Å². The van der Waals surface area contributed by atoms with Crippen LogP contribution in [0, 0.1) is 17.0 Å². The van der Waals surface area contributed by atoms with Crippen molar-refractivity contribution in [2.75, 3.05) is 10.6 Å². The molecular formula is C25H19F5N4O4. The SMILES string of the molecule is O=C(O)C[C@]1(CC(F)(F)F)CCc2cc(-c3cnc(NC(=O)Nc4ccc(F)c(F)c4)cn3)ccc2C1=O. The minimum atomic E-state index is -4.71. The van der Waals surface area contributed by atoms with Gasteiger partial charge < -0.3 is 10.4 Å². The van der Waals surface area contributed by atoms with Crippen molar-refractivity contribution < 1.29 is 41.4 Å². The number of halogens is 5. The quantitative estimate of drug-likeness (QED) is 0.354. The Balaban J connectivity index is 1.49. The van der Waals surface area contributed by atoms with E-state index in [4.69, 9.17) is 5.11 Å². The second-order valence-corrected chi connectivity index (χ2v) is 8.84. The van der Waals surface area contributed by atoms with Crippen LogP contribution in [0.3, 0.4) is 0 Å². The summed E-state index contributed by atoms with van der Waals surface area (Å²) >= 11 is 0. The lowest BCUT2D eigenvalue weighted by Gasteiger charge is -2.36. The number of rotatable bonds is 6. The van der Waals surface area contributed by atoms with Crippen molar-refractivity contribution in [1.29, 1.82) is 0 Å². The van der Waals surface area contributed by atoms with E-state index in [2.05, 4.69) is 20.6 Å². The standard InChI is InChI=1S/C25H19F5N4O4/c26-17-4-2-15(8-18(17)27)33-23(38)34-20-11-31-19(10-32-20)14-1-3-16-13(7-14)5-6-24(22(16)37,9-21(35)36)12-25(28,29)30/h1-4,7-8,10-11H,5-6,9,12H2,(H,35,36)(H2,32,33,34,38)/t24-/m0/s1. The van der Waals surface area contributed by atoms with E-state index in [0.717, 1.165) is 12.1 Å². The number of aromatic nitrogens is 2. The number of urea groups is 1. The molecule has 3 aromatic rings. The number of benzene rings is 2. The highest BCUT2D eigenvalue weighted by atomic mass is 19.4. The smallest absolute Gasteiger partial charge is 0.390 e. The number of carbonyl (C=O) groups excluding carboxylic acids is 2. The molecule has 2 amide bonds. The number of anilines is 2. The predicted molar refractivity (Wildman–Crippen MR) is 124 cm³/mol. The number of fused-ring (bicyclic) bond motifs is 1. The molecule has 1 aromatic heterocycles. The van der Waals surface area contributed by atoms with Crippen LogP contribution in [0.2, 0.25) is 0 Å². The van der Waals surface area contributed by atoms with Gasteiger partial charge in [-0.15, -0.1) is 0 Å². The second kappa shape index (κ2) is 10.1. The number of alkyl halides is 3. The number of nitrogens with one attached hydrogen (secondary N) is 2. The molecule has 38 heavy (non-hydrogen) atoms. The van der Waals surface area contributed by atoms with Crippen LogP contribution in [0.4, 0.5) is 38.3 Å². The van der Waals surface area contributed by atoms with E-state index in [9.17, 15) is 36.3 Å². The number of Topliss-reactive ketones (excluding diaryl/α,β-unsaturated/α-hetero) is 1. The third-order valence-electron chi connectivity index (χ3n) is 6.10. The number of carbonyl (C=O) groups is 3. The van der Waals surface area contributed by atoms with Gasteiger partial charge in [0.2, 0.25) is 0 Å². The maximum absolute atomic E-state index is 13.3. The summed E-state index contributed by atoms with van der Waals surface area (Å²) in [5, 5.41) is 13.9. The van der Waals surface area contributed by atoms with Gasteiger partial charge in [0.05, 0.1) is 36.3 Å². The van der Waals surface area contributed by atoms with Crippen molar-refractivity contribution in [3.8, 4) is 11.3 Å². The zero-order valence-electron chi connectivity index (χ0n) is 19.4. The van der Waals surface area contributed by atoms with Gasteiger partial charge in [0, 0.05) is 22.9 Å². The van der Waals surface area contributed by atoms with Gasteiger partial charge >= 0.3 is 18.2 Å². The average Bonchev–Trinajstić information content (AvgIpc) is 2.83. The third kappa shape index (κ3) is 5.93. The number of nitrogens with zero attached hydrogens (tertiary/aromatic N) is 2. The summed E-state index contributed by atoms with van der Waals surface area (Å²) in [5.74, 6) is -4.50. The monoisotopic (exact) mass is 534 g/mol. The van der Waals surface area contributed by atoms with Crippen molar-refractivity contribution in [3.63, 3.8) is 0 Å². The summed E-state index contributed by atoms with van der Waals surface area (Å²) in [7, 11) is 0. The number of aryl methyl sites for hydroxylation is 1. The van der Waals surface area contributed by atoms with E-state index >= 15 is 0 Å². The number of carboxylic acids is 1. The summed E-state index contributed by atoms with van der Waals surface area (Å²) in [5.41, 5.74) is -0.715. The Labute approximate surface area is 211 Å². The first kappa shape index (κ1) is 26.6. The van der Waals surface area contributed by atoms with Crippen molar-refractivity contribution in [2.45, 2.75) is 31.9 Å². The van der Waals surface area contributed by atoms with Crippen LogP contribution in [-0.2, 0) is 11.2 Å². The van der Waals surface area contributed by atoms with Gasteiger partial charge in [0.1, 0.15) is 0 Å². The minimum absolute atomic E-state index is 0.0113. The lowest BCUT2D eigenvalue weighted by Crippen LogP contribution is -2.41. The van der Waals surface area contributed by atoms with Gasteiger partial charge in [-0.1, -0.05) is 12.1 Å². The normalized spacial score (nSPS) is 17.0. The van der Waals surface area contributed by atoms with Crippen LogP contribution < -0.4 is 10.6 Å². The van der Waals surface area contributed by atoms with Gasteiger partial charge in [-0.3, -0.25) is 19.9 Å². The molecule has 4 rings (SSSR count). The Hall–Kier alpha value is -4.42. The fraction of sp³-hybridized carbons (Fsp3) is 0.240. The highest BCUT2D eigenvalue weighted by Crippen LogP contribution is 2.46. The van der Waals surface area contributed by atoms with Crippen LogP contribution in [0.15, 0.2) is 48.8 Å². The molecule has 13 heteroatoms. The van der Waals surface area contributed by atoms with E-state index in [1.54, 1.807) is 6.07 Å². The number of hydrogen-bond donors (Lipinski definition) is 3.